The molecular formula is C66H44N2O2. The highest BCUT2D eigenvalue weighted by atomic mass is 16.3. The van der Waals surface area contributed by atoms with E-state index < -0.39 is 0 Å². The van der Waals surface area contributed by atoms with Crippen molar-refractivity contribution in [2.24, 2.45) is 0 Å². The van der Waals surface area contributed by atoms with Crippen molar-refractivity contribution in [2.45, 2.75) is 13.8 Å². The molecular weight excluding hydrogens is 853 g/mol. The molecule has 2 aromatic heterocycles. The van der Waals surface area contributed by atoms with E-state index in [1.54, 1.807) is 0 Å². The van der Waals surface area contributed by atoms with Crippen LogP contribution in [0.25, 0.3) is 98.4 Å². The minimum Gasteiger partial charge on any atom is -0.455 e. The Labute approximate surface area is 404 Å². The third kappa shape index (κ3) is 6.16. The molecule has 4 nitrogen and oxygen atoms in total. The van der Waals surface area contributed by atoms with Gasteiger partial charge in [0.25, 0.3) is 0 Å². The summed E-state index contributed by atoms with van der Waals surface area (Å²) >= 11 is 0. The van der Waals surface area contributed by atoms with Crippen LogP contribution in [0.15, 0.2) is 239 Å². The minimum absolute atomic E-state index is 0.895. The minimum atomic E-state index is 0.895. The van der Waals surface area contributed by atoms with E-state index in [1.165, 1.54) is 43.4 Å². The van der Waals surface area contributed by atoms with Crippen molar-refractivity contribution in [1.29, 1.82) is 0 Å². The highest BCUT2D eigenvalue weighted by Gasteiger charge is 2.24. The van der Waals surface area contributed by atoms with Crippen LogP contribution in [0.4, 0.5) is 34.1 Å². The number of benzene rings is 12. The van der Waals surface area contributed by atoms with Gasteiger partial charge in [0.05, 0.1) is 11.4 Å². The maximum Gasteiger partial charge on any atom is 0.143 e. The lowest BCUT2D eigenvalue weighted by atomic mass is 9.91. The van der Waals surface area contributed by atoms with Gasteiger partial charge < -0.3 is 18.6 Å². The fourth-order valence-corrected chi connectivity index (χ4v) is 11.2. The monoisotopic (exact) mass is 896 g/mol. The molecule has 0 aliphatic rings. The molecule has 0 saturated carbocycles. The van der Waals surface area contributed by atoms with Crippen LogP contribution in [0.3, 0.4) is 0 Å². The lowest BCUT2D eigenvalue weighted by Crippen LogP contribution is -2.13. The second-order valence-corrected chi connectivity index (χ2v) is 18.5. The Balaban J connectivity index is 0.962. The highest BCUT2D eigenvalue weighted by Crippen LogP contribution is 2.49. The zero-order chi connectivity index (χ0) is 46.5. The second-order valence-electron chi connectivity index (χ2n) is 18.5. The van der Waals surface area contributed by atoms with E-state index >= 15 is 0 Å². The molecule has 0 bridgehead atoms. The number of hydrogen-bond acceptors (Lipinski definition) is 4. The van der Waals surface area contributed by atoms with Gasteiger partial charge in [-0.1, -0.05) is 170 Å². The molecule has 0 N–H and O–H groups in total. The molecule has 0 amide bonds. The topological polar surface area (TPSA) is 32.8 Å². The van der Waals surface area contributed by atoms with Gasteiger partial charge in [-0.3, -0.25) is 0 Å². The Morgan fingerprint density at radius 1 is 0.300 bits per heavy atom. The summed E-state index contributed by atoms with van der Waals surface area (Å²) in [5.74, 6) is 0. The summed E-state index contributed by atoms with van der Waals surface area (Å²) < 4.78 is 13.1. The number of aryl methyl sites for hydroxylation is 2. The fraction of sp³-hybridized carbons (Fsp3) is 0.0303. The lowest BCUT2D eigenvalue weighted by molar-refractivity contribution is 0.669. The SMILES string of the molecule is Cc1ccccc1N(c1cccc(-c2cccc3c2oc2ccccc23)c1)c1ccc2ccc3c(N(c4cccc(-c5cccc6c5oc5ccccc56)c4)c4ccccc4C)ccc4ccc1c2c43. The Morgan fingerprint density at radius 2 is 0.700 bits per heavy atom. The van der Waals surface area contributed by atoms with Crippen molar-refractivity contribution >= 4 is 110 Å². The molecule has 0 spiro atoms. The van der Waals surface area contributed by atoms with Gasteiger partial charge >= 0.3 is 0 Å². The predicted octanol–water partition coefficient (Wildman–Crippen LogP) is 19.3. The molecule has 4 heteroatoms. The number of rotatable bonds is 8. The maximum absolute atomic E-state index is 6.57. The summed E-state index contributed by atoms with van der Waals surface area (Å²) in [6.07, 6.45) is 0. The number of anilines is 6. The molecule has 0 aliphatic carbocycles. The molecule has 330 valence electrons. The maximum atomic E-state index is 6.57. The summed E-state index contributed by atoms with van der Waals surface area (Å²) in [5, 5.41) is 11.7. The van der Waals surface area contributed by atoms with Gasteiger partial charge in [-0.25, -0.2) is 0 Å². The van der Waals surface area contributed by atoms with Crippen LogP contribution < -0.4 is 9.80 Å². The molecule has 0 atom stereocenters. The predicted molar refractivity (Wildman–Crippen MR) is 294 cm³/mol. The van der Waals surface area contributed by atoms with Crippen molar-refractivity contribution in [1.82, 2.24) is 0 Å². The summed E-state index contributed by atoms with van der Waals surface area (Å²) in [6, 6.07) is 83.2. The van der Waals surface area contributed by atoms with E-state index in [0.717, 1.165) is 100 Å². The normalized spacial score (nSPS) is 11.9. The highest BCUT2D eigenvalue weighted by molar-refractivity contribution is 6.28. The third-order valence-corrected chi connectivity index (χ3v) is 14.5. The first kappa shape index (κ1) is 40.0. The van der Waals surface area contributed by atoms with Gasteiger partial charge in [-0.2, -0.15) is 0 Å². The molecule has 14 aromatic rings. The lowest BCUT2D eigenvalue weighted by Gasteiger charge is -2.30. The average molecular weight is 897 g/mol. The second kappa shape index (κ2) is 15.7. The number of hydrogen-bond donors (Lipinski definition) is 0. The Bertz CT molecular complexity index is 4090. The first-order chi connectivity index (χ1) is 34.6. The molecule has 0 unspecified atom stereocenters. The fourth-order valence-electron chi connectivity index (χ4n) is 11.2. The largest absolute Gasteiger partial charge is 0.455 e. The Morgan fingerprint density at radius 3 is 1.17 bits per heavy atom. The summed E-state index contributed by atoms with van der Waals surface area (Å²) in [5.41, 5.74) is 16.9. The molecule has 2 heterocycles. The average Bonchev–Trinajstić information content (AvgIpc) is 3.99. The van der Waals surface area contributed by atoms with Crippen LogP contribution in [-0.4, -0.2) is 0 Å². The number of para-hydroxylation sites is 6. The molecule has 0 radical (unpaired) electrons. The Hall–Kier alpha value is -9.12. The first-order valence-electron chi connectivity index (χ1n) is 24.0. The molecule has 14 rings (SSSR count). The molecule has 0 saturated heterocycles. The van der Waals surface area contributed by atoms with E-state index in [1.807, 2.05) is 12.1 Å². The molecule has 0 aliphatic heterocycles. The van der Waals surface area contributed by atoms with Crippen molar-refractivity contribution < 1.29 is 8.83 Å². The zero-order valence-corrected chi connectivity index (χ0v) is 38.7. The number of furan rings is 2. The van der Waals surface area contributed by atoms with Crippen LogP contribution >= 0.6 is 0 Å². The van der Waals surface area contributed by atoms with Crippen LogP contribution in [0.2, 0.25) is 0 Å². The van der Waals surface area contributed by atoms with Gasteiger partial charge in [0, 0.05) is 66.2 Å². The van der Waals surface area contributed by atoms with Gasteiger partial charge in [0.2, 0.25) is 0 Å². The summed E-state index contributed by atoms with van der Waals surface area (Å²) in [7, 11) is 0. The zero-order valence-electron chi connectivity index (χ0n) is 38.7. The first-order valence-corrected chi connectivity index (χ1v) is 24.0. The van der Waals surface area contributed by atoms with Crippen molar-refractivity contribution in [3.05, 3.63) is 242 Å². The van der Waals surface area contributed by atoms with E-state index in [0.29, 0.717) is 0 Å². The van der Waals surface area contributed by atoms with Gasteiger partial charge in [0.1, 0.15) is 22.3 Å². The third-order valence-electron chi connectivity index (χ3n) is 14.5. The molecule has 12 aromatic carbocycles. The van der Waals surface area contributed by atoms with Crippen LogP contribution in [0.1, 0.15) is 11.1 Å². The van der Waals surface area contributed by atoms with Crippen molar-refractivity contribution in [3.63, 3.8) is 0 Å². The molecule has 0 fully saturated rings. The van der Waals surface area contributed by atoms with E-state index in [-0.39, 0.29) is 0 Å². The quantitative estimate of drug-likeness (QED) is 0.142. The number of fused-ring (bicyclic) bond motifs is 6. The van der Waals surface area contributed by atoms with Gasteiger partial charge in [0.15, 0.2) is 0 Å². The van der Waals surface area contributed by atoms with Crippen LogP contribution in [-0.2, 0) is 0 Å². The molecule has 70 heavy (non-hydrogen) atoms. The van der Waals surface area contributed by atoms with E-state index in [4.69, 9.17) is 8.83 Å². The standard InChI is InChI=1S/C66H44N2O2/c1-41-15-3-7-27-57(41)67(47-19-11-17-45(39-47)49-23-13-25-53-51-21-5-9-29-61(51)69-65(49)53)59-37-33-43-32-36-56-60(38-34-44-31-35-55(59)63(43)64(44)56)68(58-28-8-4-16-42(58)2)48-20-12-18-46(40-48)50-24-14-26-54-52-22-6-10-30-62(52)70-66(50)54/h3-40H,1-2H3. The van der Waals surface area contributed by atoms with Crippen LogP contribution in [0, 0.1) is 13.8 Å². The summed E-state index contributed by atoms with van der Waals surface area (Å²) in [6.45, 7) is 4.41. The Kier molecular flexibility index (Phi) is 8.99. The van der Waals surface area contributed by atoms with E-state index in [9.17, 15) is 0 Å². The van der Waals surface area contributed by atoms with Crippen molar-refractivity contribution in [2.75, 3.05) is 9.80 Å². The smallest absolute Gasteiger partial charge is 0.143 e. The van der Waals surface area contributed by atoms with Crippen LogP contribution in [0.5, 0.6) is 0 Å². The van der Waals surface area contributed by atoms with E-state index in [2.05, 4.69) is 242 Å². The number of nitrogens with zero attached hydrogens (tertiary/aromatic N) is 2. The summed E-state index contributed by atoms with van der Waals surface area (Å²) in [4.78, 5) is 4.89. The van der Waals surface area contributed by atoms with Crippen molar-refractivity contribution in [3.8, 4) is 22.3 Å². The van der Waals surface area contributed by atoms with Gasteiger partial charge in [-0.15, -0.1) is 0 Å². The van der Waals surface area contributed by atoms with Gasteiger partial charge in [-0.05, 0) is 118 Å².